The molecule has 0 saturated heterocycles. The molecule has 1 N–H and O–H groups in total. The molecule has 1 aromatic rings. The zero-order valence-corrected chi connectivity index (χ0v) is 9.49. The van der Waals surface area contributed by atoms with Crippen LogP contribution in [0.25, 0.3) is 0 Å². The second-order valence-corrected chi connectivity index (χ2v) is 4.37. The van der Waals surface area contributed by atoms with Crippen molar-refractivity contribution in [2.75, 3.05) is 0 Å². The van der Waals surface area contributed by atoms with Crippen LogP contribution in [0.2, 0.25) is 0 Å². The summed E-state index contributed by atoms with van der Waals surface area (Å²) in [4.78, 5) is 11.8. The Morgan fingerprint density at radius 1 is 1.19 bits per heavy atom. The van der Waals surface area contributed by atoms with E-state index in [0.29, 0.717) is 12.5 Å². The summed E-state index contributed by atoms with van der Waals surface area (Å²) in [6, 6.07) is 10.3. The lowest BCUT2D eigenvalue weighted by Crippen LogP contribution is -2.37. The van der Waals surface area contributed by atoms with Crippen molar-refractivity contribution < 1.29 is 4.79 Å². The van der Waals surface area contributed by atoms with Gasteiger partial charge in [-0.15, -0.1) is 0 Å². The molecule has 0 atom stereocenters. The minimum Gasteiger partial charge on any atom is -0.353 e. The first kappa shape index (κ1) is 11.2. The van der Waals surface area contributed by atoms with Gasteiger partial charge in [-0.3, -0.25) is 4.79 Å². The highest BCUT2D eigenvalue weighted by Crippen LogP contribution is 2.16. The van der Waals surface area contributed by atoms with Crippen LogP contribution in [0.1, 0.15) is 31.2 Å². The minimum absolute atomic E-state index is 0.151. The van der Waals surface area contributed by atoms with Crippen LogP contribution in [0.4, 0.5) is 0 Å². The van der Waals surface area contributed by atoms with E-state index in [9.17, 15) is 4.79 Å². The van der Waals surface area contributed by atoms with Crippen LogP contribution in [0.15, 0.2) is 30.3 Å². The first-order valence-corrected chi connectivity index (χ1v) is 5.99. The van der Waals surface area contributed by atoms with E-state index < -0.39 is 0 Å². The largest absolute Gasteiger partial charge is 0.353 e. The van der Waals surface area contributed by atoms with Crippen molar-refractivity contribution in [3.63, 3.8) is 0 Å². The highest BCUT2D eigenvalue weighted by molar-refractivity contribution is 5.78. The third-order valence-corrected chi connectivity index (χ3v) is 3.01. The van der Waals surface area contributed by atoms with Crippen molar-refractivity contribution in [1.82, 2.24) is 5.32 Å². The number of rotatable bonds is 3. The zero-order valence-electron chi connectivity index (χ0n) is 9.49. The van der Waals surface area contributed by atoms with Crippen molar-refractivity contribution in [3.05, 3.63) is 42.3 Å². The van der Waals surface area contributed by atoms with Crippen molar-refractivity contribution in [1.29, 1.82) is 0 Å². The average Bonchev–Trinajstić information content (AvgIpc) is 2.31. The Morgan fingerprint density at radius 2 is 1.88 bits per heavy atom. The van der Waals surface area contributed by atoms with E-state index in [1.54, 1.807) is 0 Å². The fourth-order valence-corrected chi connectivity index (χ4v) is 2.13. The fourth-order valence-electron chi connectivity index (χ4n) is 2.13. The monoisotopic (exact) mass is 216 g/mol. The number of hydrogen-bond acceptors (Lipinski definition) is 1. The molecule has 1 saturated carbocycles. The summed E-state index contributed by atoms with van der Waals surface area (Å²) >= 11 is 0. The molecule has 1 aromatic carbocycles. The summed E-state index contributed by atoms with van der Waals surface area (Å²) in [6.45, 7) is 0. The highest BCUT2D eigenvalue weighted by Gasteiger charge is 2.15. The standard InChI is InChI=1S/C14H18NO/c16-14(11-12-7-3-1-4-8-12)15-13-9-5-2-6-10-13/h1-4,7-8,13H,5-6,9-11H2,(H,15,16). The second-order valence-electron chi connectivity index (χ2n) is 4.37. The Labute approximate surface area is 97.1 Å². The Kier molecular flexibility index (Phi) is 3.97. The van der Waals surface area contributed by atoms with Crippen molar-refractivity contribution in [2.45, 2.75) is 38.1 Å². The van der Waals surface area contributed by atoms with Gasteiger partial charge in [-0.1, -0.05) is 30.3 Å². The lowest BCUT2D eigenvalue weighted by atomic mass is 9.95. The topological polar surface area (TPSA) is 29.1 Å². The molecule has 0 unspecified atom stereocenters. The molecule has 1 amide bonds. The van der Waals surface area contributed by atoms with Crippen LogP contribution in [0.3, 0.4) is 0 Å². The van der Waals surface area contributed by atoms with Gasteiger partial charge in [0.25, 0.3) is 0 Å². The third-order valence-electron chi connectivity index (χ3n) is 3.01. The van der Waals surface area contributed by atoms with Crippen molar-refractivity contribution >= 4 is 5.91 Å². The predicted octanol–water partition coefficient (Wildman–Crippen LogP) is 2.49. The fraction of sp³-hybridized carbons (Fsp3) is 0.429. The number of hydrogen-bond donors (Lipinski definition) is 1. The molecule has 85 valence electrons. The molecule has 1 aliphatic rings. The molecular formula is C14H18NO. The van der Waals surface area contributed by atoms with Gasteiger partial charge >= 0.3 is 0 Å². The van der Waals surface area contributed by atoms with Crippen LogP contribution in [0, 0.1) is 6.42 Å². The number of carbonyl (C=O) groups excluding carboxylic acids is 1. The molecule has 0 heterocycles. The van der Waals surface area contributed by atoms with E-state index in [1.165, 1.54) is 0 Å². The summed E-state index contributed by atoms with van der Waals surface area (Å²) < 4.78 is 0. The Bertz CT molecular complexity index is 328. The Morgan fingerprint density at radius 3 is 2.56 bits per heavy atom. The first-order chi connectivity index (χ1) is 7.84. The minimum atomic E-state index is 0.151. The SMILES string of the molecule is O=C(Cc1ccccc1)NC1CC[CH]CC1. The van der Waals surface area contributed by atoms with Gasteiger partial charge in [0.15, 0.2) is 0 Å². The van der Waals surface area contributed by atoms with Gasteiger partial charge < -0.3 is 5.32 Å². The van der Waals surface area contributed by atoms with Crippen LogP contribution in [0.5, 0.6) is 0 Å². The molecule has 0 aliphatic heterocycles. The zero-order chi connectivity index (χ0) is 11.2. The molecule has 16 heavy (non-hydrogen) atoms. The molecule has 1 fully saturated rings. The normalized spacial score (nSPS) is 17.0. The summed E-state index contributed by atoms with van der Waals surface area (Å²) in [5.41, 5.74) is 1.09. The van der Waals surface area contributed by atoms with Gasteiger partial charge in [-0.25, -0.2) is 0 Å². The summed E-state index contributed by atoms with van der Waals surface area (Å²) in [5, 5.41) is 3.11. The molecule has 0 bridgehead atoms. The van der Waals surface area contributed by atoms with E-state index in [2.05, 4.69) is 11.7 Å². The number of nitrogens with one attached hydrogen (secondary N) is 1. The van der Waals surface area contributed by atoms with Gasteiger partial charge in [0.1, 0.15) is 0 Å². The molecule has 2 rings (SSSR count). The Hall–Kier alpha value is -1.31. The summed E-state index contributed by atoms with van der Waals surface area (Å²) in [6.07, 6.45) is 7.27. The number of carbonyl (C=O) groups is 1. The molecular weight excluding hydrogens is 198 g/mol. The van der Waals surface area contributed by atoms with Crippen LogP contribution < -0.4 is 5.32 Å². The van der Waals surface area contributed by atoms with E-state index in [0.717, 1.165) is 31.2 Å². The van der Waals surface area contributed by atoms with E-state index in [1.807, 2.05) is 30.3 Å². The number of amides is 1. The molecule has 2 nitrogen and oxygen atoms in total. The second kappa shape index (κ2) is 5.69. The maximum absolute atomic E-state index is 11.8. The van der Waals surface area contributed by atoms with Crippen LogP contribution in [-0.2, 0) is 11.2 Å². The highest BCUT2D eigenvalue weighted by atomic mass is 16.1. The van der Waals surface area contributed by atoms with Gasteiger partial charge in [0.2, 0.25) is 5.91 Å². The maximum atomic E-state index is 11.8. The molecule has 0 spiro atoms. The van der Waals surface area contributed by atoms with E-state index in [-0.39, 0.29) is 5.91 Å². The molecule has 0 aromatic heterocycles. The smallest absolute Gasteiger partial charge is 0.224 e. The molecule has 1 aliphatic carbocycles. The third kappa shape index (κ3) is 3.37. The molecule has 2 heteroatoms. The quantitative estimate of drug-likeness (QED) is 0.826. The van der Waals surface area contributed by atoms with E-state index >= 15 is 0 Å². The van der Waals surface area contributed by atoms with Gasteiger partial charge in [-0.05, 0) is 37.7 Å². The summed E-state index contributed by atoms with van der Waals surface area (Å²) in [5.74, 6) is 0.151. The lowest BCUT2D eigenvalue weighted by Gasteiger charge is -2.22. The van der Waals surface area contributed by atoms with Crippen LogP contribution in [-0.4, -0.2) is 11.9 Å². The van der Waals surface area contributed by atoms with Gasteiger partial charge in [0.05, 0.1) is 6.42 Å². The molecule has 1 radical (unpaired) electrons. The van der Waals surface area contributed by atoms with E-state index in [4.69, 9.17) is 0 Å². The Balaban J connectivity index is 1.80. The first-order valence-electron chi connectivity index (χ1n) is 5.99. The van der Waals surface area contributed by atoms with Gasteiger partial charge in [0, 0.05) is 6.04 Å². The number of benzene rings is 1. The predicted molar refractivity (Wildman–Crippen MR) is 64.8 cm³/mol. The lowest BCUT2D eigenvalue weighted by molar-refractivity contribution is -0.121. The maximum Gasteiger partial charge on any atom is 0.224 e. The summed E-state index contributed by atoms with van der Waals surface area (Å²) in [7, 11) is 0. The van der Waals surface area contributed by atoms with Crippen molar-refractivity contribution in [3.8, 4) is 0 Å². The van der Waals surface area contributed by atoms with Gasteiger partial charge in [-0.2, -0.15) is 0 Å². The van der Waals surface area contributed by atoms with Crippen LogP contribution >= 0.6 is 0 Å². The average molecular weight is 216 g/mol. The van der Waals surface area contributed by atoms with Crippen molar-refractivity contribution in [2.24, 2.45) is 0 Å².